The van der Waals surface area contributed by atoms with E-state index in [4.69, 9.17) is 18.0 Å². The van der Waals surface area contributed by atoms with Gasteiger partial charge < -0.3 is 5.32 Å². The molecule has 0 atom stereocenters. The zero-order valence-corrected chi connectivity index (χ0v) is 5.54. The highest BCUT2D eigenvalue weighted by Crippen LogP contribution is 1.79. The summed E-state index contributed by atoms with van der Waals surface area (Å²) in [5.74, 6) is 3.18. The second kappa shape index (κ2) is 6.81. The lowest BCUT2D eigenvalue weighted by Crippen LogP contribution is -2.15. The second-order valence-electron chi connectivity index (χ2n) is 1.42. The first kappa shape index (κ1) is 7.81. The van der Waals surface area contributed by atoms with Crippen LogP contribution >= 0.6 is 11.6 Å². The predicted molar refractivity (Wildman–Crippen MR) is 37.0 cm³/mol. The van der Waals surface area contributed by atoms with E-state index in [-0.39, 0.29) is 0 Å². The van der Waals surface area contributed by atoms with Gasteiger partial charge in [-0.05, 0) is 13.0 Å². The normalized spacial score (nSPS) is 8.50. The summed E-state index contributed by atoms with van der Waals surface area (Å²) in [5, 5.41) is 3.02. The van der Waals surface area contributed by atoms with Crippen LogP contribution in [0.3, 0.4) is 0 Å². The average Bonchev–Trinajstić information content (AvgIpc) is 1.81. The zero-order chi connectivity index (χ0) is 6.24. The Kier molecular flexibility index (Phi) is 6.65. The van der Waals surface area contributed by atoms with E-state index in [1.807, 2.05) is 0 Å². The maximum atomic E-state index is 5.39. The first-order chi connectivity index (χ1) is 3.91. The zero-order valence-electron chi connectivity index (χ0n) is 4.78. The summed E-state index contributed by atoms with van der Waals surface area (Å²) in [5.41, 5.74) is 0. The molecule has 46 valence electrons. The first-order valence-corrected chi connectivity index (χ1v) is 3.15. The lowest BCUT2D eigenvalue weighted by atomic mass is 10.5. The summed E-state index contributed by atoms with van der Waals surface area (Å²) in [7, 11) is 0. The summed E-state index contributed by atoms with van der Waals surface area (Å²) in [6, 6.07) is 0. The van der Waals surface area contributed by atoms with Crippen molar-refractivity contribution in [3.63, 3.8) is 0 Å². The van der Waals surface area contributed by atoms with Crippen LogP contribution < -0.4 is 5.32 Å². The molecule has 0 saturated carbocycles. The van der Waals surface area contributed by atoms with Crippen molar-refractivity contribution in [2.75, 3.05) is 19.0 Å². The lowest BCUT2D eigenvalue weighted by Gasteiger charge is -1.93. The fraction of sp³-hybridized carbons (Fsp3) is 0.667. The first-order valence-electron chi connectivity index (χ1n) is 2.62. The van der Waals surface area contributed by atoms with E-state index in [9.17, 15) is 0 Å². The molecule has 8 heavy (non-hydrogen) atoms. The highest BCUT2D eigenvalue weighted by atomic mass is 35.5. The monoisotopic (exact) mass is 131 g/mol. The molecule has 0 rings (SSSR count). The molecule has 0 bridgehead atoms. The molecule has 0 saturated heterocycles. The van der Waals surface area contributed by atoms with Gasteiger partial charge in [0, 0.05) is 5.88 Å². The maximum Gasteiger partial charge on any atom is 0.0573 e. The minimum absolute atomic E-state index is 0.650. The highest BCUT2D eigenvalue weighted by molar-refractivity contribution is 6.17. The SMILES string of the molecule is C#CCNCCCCl. The Morgan fingerprint density at radius 1 is 1.62 bits per heavy atom. The Balaban J connectivity index is 2.65. The fourth-order valence-corrected chi connectivity index (χ4v) is 0.486. The Morgan fingerprint density at radius 2 is 2.38 bits per heavy atom. The molecule has 0 unspecified atom stereocenters. The van der Waals surface area contributed by atoms with Gasteiger partial charge in [-0.1, -0.05) is 5.92 Å². The van der Waals surface area contributed by atoms with Crippen molar-refractivity contribution < 1.29 is 0 Å². The molecular formula is C6H10ClN. The van der Waals surface area contributed by atoms with Gasteiger partial charge in [-0.3, -0.25) is 0 Å². The topological polar surface area (TPSA) is 12.0 Å². The third-order valence-electron chi connectivity index (χ3n) is 0.714. The van der Waals surface area contributed by atoms with Crippen molar-refractivity contribution in [1.29, 1.82) is 0 Å². The van der Waals surface area contributed by atoms with Crippen molar-refractivity contribution in [3.05, 3.63) is 0 Å². The second-order valence-corrected chi connectivity index (χ2v) is 1.80. The standard InChI is InChI=1S/C6H10ClN/c1-2-5-8-6-3-4-7/h1,8H,3-6H2. The van der Waals surface area contributed by atoms with Gasteiger partial charge in [0.1, 0.15) is 0 Å². The van der Waals surface area contributed by atoms with E-state index >= 15 is 0 Å². The number of nitrogens with one attached hydrogen (secondary N) is 1. The van der Waals surface area contributed by atoms with Gasteiger partial charge in [-0.25, -0.2) is 0 Å². The number of alkyl halides is 1. The average molecular weight is 132 g/mol. The third-order valence-corrected chi connectivity index (χ3v) is 0.982. The molecule has 0 heterocycles. The number of hydrogen-bond donors (Lipinski definition) is 1. The summed E-state index contributed by atoms with van der Waals surface area (Å²) in [6.07, 6.45) is 5.95. The maximum absolute atomic E-state index is 5.39. The van der Waals surface area contributed by atoms with Crippen LogP contribution in [0, 0.1) is 12.3 Å². The van der Waals surface area contributed by atoms with Crippen LogP contribution in [0.15, 0.2) is 0 Å². The van der Waals surface area contributed by atoms with Gasteiger partial charge in [0.05, 0.1) is 6.54 Å². The van der Waals surface area contributed by atoms with E-state index in [0.717, 1.165) is 13.0 Å². The number of rotatable bonds is 4. The van der Waals surface area contributed by atoms with Gasteiger partial charge in [-0.2, -0.15) is 0 Å². The summed E-state index contributed by atoms with van der Waals surface area (Å²) in [6.45, 7) is 1.57. The molecule has 0 aromatic heterocycles. The molecule has 2 heteroatoms. The third kappa shape index (κ3) is 5.81. The molecule has 0 fully saturated rings. The van der Waals surface area contributed by atoms with Crippen molar-refractivity contribution in [2.45, 2.75) is 6.42 Å². The van der Waals surface area contributed by atoms with E-state index in [2.05, 4.69) is 11.2 Å². The number of hydrogen-bond acceptors (Lipinski definition) is 1. The highest BCUT2D eigenvalue weighted by Gasteiger charge is 1.80. The molecule has 0 amide bonds. The minimum atomic E-state index is 0.650. The molecule has 0 aliphatic heterocycles. The number of halogens is 1. The molecule has 0 aromatic carbocycles. The Morgan fingerprint density at radius 3 is 2.88 bits per heavy atom. The van der Waals surface area contributed by atoms with Crippen molar-refractivity contribution in [2.24, 2.45) is 0 Å². The molecule has 1 N–H and O–H groups in total. The molecule has 0 radical (unpaired) electrons. The minimum Gasteiger partial charge on any atom is -0.306 e. The lowest BCUT2D eigenvalue weighted by molar-refractivity contribution is 0.740. The Labute approximate surface area is 55.4 Å². The van der Waals surface area contributed by atoms with Crippen LogP contribution in [-0.2, 0) is 0 Å². The van der Waals surface area contributed by atoms with Crippen LogP contribution in [0.4, 0.5) is 0 Å². The quantitative estimate of drug-likeness (QED) is 0.339. The van der Waals surface area contributed by atoms with Crippen LogP contribution in [0.25, 0.3) is 0 Å². The van der Waals surface area contributed by atoms with Crippen LogP contribution in [0.2, 0.25) is 0 Å². The van der Waals surface area contributed by atoms with Gasteiger partial charge in [0.15, 0.2) is 0 Å². The van der Waals surface area contributed by atoms with Crippen LogP contribution in [0.1, 0.15) is 6.42 Å². The van der Waals surface area contributed by atoms with Gasteiger partial charge in [0.2, 0.25) is 0 Å². The molecule has 1 nitrogen and oxygen atoms in total. The Bertz CT molecular complexity index is 75.1. The molecule has 0 spiro atoms. The number of terminal acetylenes is 1. The summed E-state index contributed by atoms with van der Waals surface area (Å²) in [4.78, 5) is 0. The smallest absolute Gasteiger partial charge is 0.0573 e. The summed E-state index contributed by atoms with van der Waals surface area (Å²) >= 11 is 5.39. The van der Waals surface area contributed by atoms with Crippen molar-refractivity contribution >= 4 is 11.6 Å². The van der Waals surface area contributed by atoms with Crippen molar-refractivity contribution in [1.82, 2.24) is 5.32 Å². The molecule has 0 aliphatic carbocycles. The molecular weight excluding hydrogens is 122 g/mol. The molecule has 0 aliphatic rings. The van der Waals surface area contributed by atoms with Crippen molar-refractivity contribution in [3.8, 4) is 12.3 Å². The molecule has 0 aromatic rings. The van der Waals surface area contributed by atoms with E-state index in [1.54, 1.807) is 0 Å². The van der Waals surface area contributed by atoms with E-state index < -0.39 is 0 Å². The van der Waals surface area contributed by atoms with E-state index in [0.29, 0.717) is 12.4 Å². The largest absolute Gasteiger partial charge is 0.306 e. The van der Waals surface area contributed by atoms with Gasteiger partial charge in [0.25, 0.3) is 0 Å². The van der Waals surface area contributed by atoms with Crippen LogP contribution in [0.5, 0.6) is 0 Å². The van der Waals surface area contributed by atoms with Gasteiger partial charge >= 0.3 is 0 Å². The van der Waals surface area contributed by atoms with Gasteiger partial charge in [-0.15, -0.1) is 18.0 Å². The van der Waals surface area contributed by atoms with E-state index in [1.165, 1.54) is 0 Å². The summed E-state index contributed by atoms with van der Waals surface area (Å²) < 4.78 is 0. The van der Waals surface area contributed by atoms with Crippen LogP contribution in [-0.4, -0.2) is 19.0 Å². The fourth-order valence-electron chi connectivity index (χ4n) is 0.352. The Hall–Kier alpha value is -0.190. The predicted octanol–water partition coefficient (Wildman–Crippen LogP) is 0.838.